The van der Waals surface area contributed by atoms with Crippen LogP contribution < -0.4 is 5.32 Å². The van der Waals surface area contributed by atoms with E-state index in [-0.39, 0.29) is 25.6 Å². The standard InChI is InChI=1S/C23H26N2O2.ClH/c1-3-25-19-10-6-8-17(13-24-23(2,14-26)15-27)21(19)22-18-9-5-4-7-16(18)11-12-20(22)25;/h4-12,24,26-27H,3,13-15H2,1-2H3;1H. The smallest absolute Gasteiger partial charge is 0.0633 e. The predicted molar refractivity (Wildman–Crippen MR) is 119 cm³/mol. The number of nitrogens with zero attached hydrogens (tertiary/aromatic N) is 1. The molecule has 5 heteroatoms. The minimum atomic E-state index is -0.701. The number of halogens is 1. The van der Waals surface area contributed by atoms with E-state index < -0.39 is 5.54 Å². The predicted octanol–water partition coefficient (Wildman–Crippen LogP) is 4.22. The Morgan fingerprint density at radius 2 is 1.61 bits per heavy atom. The molecule has 0 amide bonds. The van der Waals surface area contributed by atoms with Gasteiger partial charge in [0.2, 0.25) is 0 Å². The van der Waals surface area contributed by atoms with Crippen molar-refractivity contribution in [3.63, 3.8) is 0 Å². The second kappa shape index (κ2) is 8.10. The monoisotopic (exact) mass is 398 g/mol. The van der Waals surface area contributed by atoms with Gasteiger partial charge in [0, 0.05) is 34.9 Å². The van der Waals surface area contributed by atoms with Crippen LogP contribution in [0.15, 0.2) is 54.6 Å². The molecule has 0 bridgehead atoms. The molecule has 0 atom stereocenters. The fourth-order valence-electron chi connectivity index (χ4n) is 3.94. The summed E-state index contributed by atoms with van der Waals surface area (Å²) in [6.07, 6.45) is 0. The summed E-state index contributed by atoms with van der Waals surface area (Å²) in [4.78, 5) is 0. The molecule has 1 aromatic heterocycles. The third kappa shape index (κ3) is 3.27. The van der Waals surface area contributed by atoms with Gasteiger partial charge < -0.3 is 20.1 Å². The zero-order valence-electron chi connectivity index (χ0n) is 16.3. The topological polar surface area (TPSA) is 57.4 Å². The maximum atomic E-state index is 9.61. The van der Waals surface area contributed by atoms with Gasteiger partial charge in [-0.2, -0.15) is 0 Å². The normalized spacial score (nSPS) is 12.0. The number of aliphatic hydroxyl groups excluding tert-OH is 2. The molecule has 4 nitrogen and oxygen atoms in total. The zero-order valence-corrected chi connectivity index (χ0v) is 17.1. The molecule has 1 heterocycles. The maximum Gasteiger partial charge on any atom is 0.0633 e. The molecule has 3 N–H and O–H groups in total. The lowest BCUT2D eigenvalue weighted by Gasteiger charge is -2.26. The second-order valence-electron chi connectivity index (χ2n) is 7.47. The molecule has 0 fully saturated rings. The van der Waals surface area contributed by atoms with Crippen LogP contribution in [-0.2, 0) is 13.1 Å². The summed E-state index contributed by atoms with van der Waals surface area (Å²) in [5.74, 6) is 0. The highest BCUT2D eigenvalue weighted by molar-refractivity contribution is 6.21. The summed E-state index contributed by atoms with van der Waals surface area (Å²) in [5.41, 5.74) is 2.94. The number of hydrogen-bond donors (Lipinski definition) is 3. The highest BCUT2D eigenvalue weighted by Crippen LogP contribution is 2.36. The quantitative estimate of drug-likeness (QED) is 0.455. The van der Waals surface area contributed by atoms with E-state index in [9.17, 15) is 10.2 Å². The third-order valence-corrected chi connectivity index (χ3v) is 5.59. The molecule has 0 aliphatic rings. The SMILES string of the molecule is CCn1c2cccc(CNC(C)(CO)CO)c2c2c3ccccc3ccc21.Cl. The Morgan fingerprint density at radius 3 is 2.32 bits per heavy atom. The van der Waals surface area contributed by atoms with Crippen molar-refractivity contribution in [2.45, 2.75) is 32.5 Å². The van der Waals surface area contributed by atoms with E-state index in [2.05, 4.69) is 71.4 Å². The molecule has 148 valence electrons. The molecule has 0 spiro atoms. The summed E-state index contributed by atoms with van der Waals surface area (Å²) in [5, 5.41) is 27.6. The number of hydrogen-bond acceptors (Lipinski definition) is 3. The summed E-state index contributed by atoms with van der Waals surface area (Å²) in [6.45, 7) is 5.27. The Hall–Kier alpha value is -2.11. The van der Waals surface area contributed by atoms with Crippen molar-refractivity contribution in [2.75, 3.05) is 13.2 Å². The number of benzene rings is 3. The van der Waals surface area contributed by atoms with Crippen LogP contribution in [0.2, 0.25) is 0 Å². The first-order chi connectivity index (χ1) is 13.1. The van der Waals surface area contributed by atoms with Crippen molar-refractivity contribution in [3.05, 3.63) is 60.2 Å². The van der Waals surface area contributed by atoms with Gasteiger partial charge in [0.1, 0.15) is 0 Å². The Morgan fingerprint density at radius 1 is 0.893 bits per heavy atom. The van der Waals surface area contributed by atoms with Gasteiger partial charge in [0.15, 0.2) is 0 Å². The minimum absolute atomic E-state index is 0. The Kier molecular flexibility index (Phi) is 5.96. The molecule has 0 aliphatic heterocycles. The van der Waals surface area contributed by atoms with Crippen LogP contribution in [0.5, 0.6) is 0 Å². The van der Waals surface area contributed by atoms with E-state index in [1.807, 2.05) is 6.92 Å². The number of aliphatic hydroxyl groups is 2. The molecule has 0 saturated carbocycles. The number of aromatic nitrogens is 1. The van der Waals surface area contributed by atoms with Gasteiger partial charge in [-0.1, -0.05) is 42.5 Å². The van der Waals surface area contributed by atoms with E-state index in [1.54, 1.807) is 0 Å². The molecule has 4 aromatic rings. The first-order valence-corrected chi connectivity index (χ1v) is 9.50. The zero-order chi connectivity index (χ0) is 19.0. The minimum Gasteiger partial charge on any atom is -0.394 e. The Bertz CT molecular complexity index is 1120. The average Bonchev–Trinajstić information content (AvgIpc) is 3.06. The van der Waals surface area contributed by atoms with Crippen LogP contribution in [0.25, 0.3) is 32.6 Å². The number of aryl methyl sites for hydroxylation is 1. The molecule has 4 rings (SSSR count). The van der Waals surface area contributed by atoms with Crippen LogP contribution in [-0.4, -0.2) is 33.5 Å². The van der Waals surface area contributed by atoms with Crippen molar-refractivity contribution >= 4 is 45.0 Å². The number of rotatable bonds is 6. The van der Waals surface area contributed by atoms with Gasteiger partial charge >= 0.3 is 0 Å². The Labute approximate surface area is 171 Å². The molecule has 0 saturated heterocycles. The molecule has 0 unspecified atom stereocenters. The van der Waals surface area contributed by atoms with Crippen LogP contribution in [0.3, 0.4) is 0 Å². The lowest BCUT2D eigenvalue weighted by molar-refractivity contribution is 0.103. The van der Waals surface area contributed by atoms with Crippen LogP contribution in [0, 0.1) is 0 Å². The third-order valence-electron chi connectivity index (χ3n) is 5.59. The first kappa shape index (κ1) is 20.6. The summed E-state index contributed by atoms with van der Waals surface area (Å²) in [6, 6.07) is 19.3. The van der Waals surface area contributed by atoms with Crippen LogP contribution in [0.4, 0.5) is 0 Å². The second-order valence-corrected chi connectivity index (χ2v) is 7.47. The molecular formula is C23H27ClN2O2. The van der Waals surface area contributed by atoms with E-state index in [0.717, 1.165) is 6.54 Å². The van der Waals surface area contributed by atoms with Crippen molar-refractivity contribution in [3.8, 4) is 0 Å². The van der Waals surface area contributed by atoms with E-state index in [4.69, 9.17) is 0 Å². The van der Waals surface area contributed by atoms with Gasteiger partial charge in [0.25, 0.3) is 0 Å². The largest absolute Gasteiger partial charge is 0.394 e. The van der Waals surface area contributed by atoms with Crippen molar-refractivity contribution < 1.29 is 10.2 Å². The average molecular weight is 399 g/mol. The molecule has 0 aliphatic carbocycles. The lowest BCUT2D eigenvalue weighted by atomic mass is 9.99. The summed E-state index contributed by atoms with van der Waals surface area (Å²) >= 11 is 0. The van der Waals surface area contributed by atoms with Crippen molar-refractivity contribution in [1.82, 2.24) is 9.88 Å². The van der Waals surface area contributed by atoms with E-state index >= 15 is 0 Å². The van der Waals surface area contributed by atoms with Gasteiger partial charge in [-0.3, -0.25) is 0 Å². The van der Waals surface area contributed by atoms with Gasteiger partial charge in [-0.15, -0.1) is 12.4 Å². The van der Waals surface area contributed by atoms with Gasteiger partial charge in [0.05, 0.1) is 18.8 Å². The number of fused-ring (bicyclic) bond motifs is 5. The molecule has 0 radical (unpaired) electrons. The fourth-order valence-corrected chi connectivity index (χ4v) is 3.94. The molecule has 3 aromatic carbocycles. The highest BCUT2D eigenvalue weighted by atomic mass is 35.5. The van der Waals surface area contributed by atoms with E-state index in [1.165, 1.54) is 38.1 Å². The summed E-state index contributed by atoms with van der Waals surface area (Å²) < 4.78 is 2.36. The van der Waals surface area contributed by atoms with Gasteiger partial charge in [-0.05, 0) is 42.3 Å². The lowest BCUT2D eigenvalue weighted by Crippen LogP contribution is -2.48. The van der Waals surface area contributed by atoms with E-state index in [0.29, 0.717) is 6.54 Å². The fraction of sp³-hybridized carbons (Fsp3) is 0.304. The highest BCUT2D eigenvalue weighted by Gasteiger charge is 2.22. The first-order valence-electron chi connectivity index (χ1n) is 9.50. The van der Waals surface area contributed by atoms with Crippen LogP contribution in [0.1, 0.15) is 19.4 Å². The Balaban J connectivity index is 0.00000225. The van der Waals surface area contributed by atoms with Gasteiger partial charge in [-0.25, -0.2) is 0 Å². The van der Waals surface area contributed by atoms with Crippen molar-refractivity contribution in [1.29, 1.82) is 0 Å². The molecular weight excluding hydrogens is 372 g/mol. The molecule has 28 heavy (non-hydrogen) atoms. The van der Waals surface area contributed by atoms with Crippen LogP contribution >= 0.6 is 12.4 Å². The number of nitrogens with one attached hydrogen (secondary N) is 1. The maximum absolute atomic E-state index is 9.61. The van der Waals surface area contributed by atoms with Crippen molar-refractivity contribution in [2.24, 2.45) is 0 Å². The summed E-state index contributed by atoms with van der Waals surface area (Å²) in [7, 11) is 0.